The summed E-state index contributed by atoms with van der Waals surface area (Å²) in [6.07, 6.45) is 0. The van der Waals surface area contributed by atoms with Crippen LogP contribution in [0.25, 0.3) is 0 Å². The number of aryl methyl sites for hydroxylation is 3. The Bertz CT molecular complexity index is 662. The number of rotatable bonds is 2. The van der Waals surface area contributed by atoms with Crippen LogP contribution in [-0.4, -0.2) is 13.0 Å². The number of anilines is 2. The van der Waals surface area contributed by atoms with Gasteiger partial charge in [0.2, 0.25) is 0 Å². The van der Waals surface area contributed by atoms with Gasteiger partial charge in [-0.25, -0.2) is 0 Å². The molecule has 0 bridgehead atoms. The van der Waals surface area contributed by atoms with Crippen molar-refractivity contribution >= 4 is 17.3 Å². The number of para-hydroxylation sites is 1. The molecule has 0 aliphatic heterocycles. The molecule has 2 N–H and O–H groups in total. The Morgan fingerprint density at radius 1 is 1.05 bits per heavy atom. The number of carbonyl (C=O) groups is 1. The molecular formula is C17H20N2O. The highest BCUT2D eigenvalue weighted by molar-refractivity contribution is 6.09. The highest BCUT2D eigenvalue weighted by atomic mass is 16.2. The van der Waals surface area contributed by atoms with Crippen LogP contribution in [0.2, 0.25) is 0 Å². The fourth-order valence-corrected chi connectivity index (χ4v) is 2.34. The molecule has 0 aliphatic rings. The fourth-order valence-electron chi connectivity index (χ4n) is 2.34. The summed E-state index contributed by atoms with van der Waals surface area (Å²) in [4.78, 5) is 14.3. The molecule has 0 unspecified atom stereocenters. The zero-order valence-electron chi connectivity index (χ0n) is 12.4. The van der Waals surface area contributed by atoms with Crippen LogP contribution in [0.15, 0.2) is 36.4 Å². The predicted octanol–water partition coefficient (Wildman–Crippen LogP) is 3.47. The molecule has 3 nitrogen and oxygen atoms in total. The molecule has 2 aromatic rings. The van der Waals surface area contributed by atoms with Crippen molar-refractivity contribution in [1.29, 1.82) is 0 Å². The van der Waals surface area contributed by atoms with E-state index in [4.69, 9.17) is 5.73 Å². The Labute approximate surface area is 120 Å². The van der Waals surface area contributed by atoms with Gasteiger partial charge in [0, 0.05) is 18.4 Å². The average Bonchev–Trinajstić information content (AvgIpc) is 2.40. The molecule has 0 atom stereocenters. The number of nitrogens with zero attached hydrogens (tertiary/aromatic N) is 1. The molecule has 1 amide bonds. The van der Waals surface area contributed by atoms with Gasteiger partial charge in [0.15, 0.2) is 0 Å². The highest BCUT2D eigenvalue weighted by Crippen LogP contribution is 2.24. The first-order valence-corrected chi connectivity index (χ1v) is 6.62. The molecule has 104 valence electrons. The monoisotopic (exact) mass is 268 g/mol. The summed E-state index contributed by atoms with van der Waals surface area (Å²) in [5, 5.41) is 0. The standard InChI is InChI=1S/C17H20N2O/c1-11-8-9-15(13(3)10-11)19(4)17(20)14-7-5-6-12(2)16(14)18/h5-10H,18H2,1-4H3. The van der Waals surface area contributed by atoms with E-state index in [2.05, 4.69) is 6.07 Å². The summed E-state index contributed by atoms with van der Waals surface area (Å²) in [6.45, 7) is 5.95. The second kappa shape index (κ2) is 5.37. The lowest BCUT2D eigenvalue weighted by atomic mass is 10.1. The molecule has 3 heteroatoms. The fraction of sp³-hybridized carbons (Fsp3) is 0.235. The van der Waals surface area contributed by atoms with Crippen LogP contribution < -0.4 is 10.6 Å². The maximum Gasteiger partial charge on any atom is 0.260 e. The minimum atomic E-state index is -0.0850. The smallest absolute Gasteiger partial charge is 0.260 e. The highest BCUT2D eigenvalue weighted by Gasteiger charge is 2.18. The van der Waals surface area contributed by atoms with E-state index in [9.17, 15) is 4.79 Å². The van der Waals surface area contributed by atoms with Gasteiger partial charge in [-0.1, -0.05) is 29.8 Å². The lowest BCUT2D eigenvalue weighted by Gasteiger charge is -2.21. The van der Waals surface area contributed by atoms with Crippen LogP contribution in [0.5, 0.6) is 0 Å². The van der Waals surface area contributed by atoms with Crippen LogP contribution in [0.4, 0.5) is 11.4 Å². The number of carbonyl (C=O) groups excluding carboxylic acids is 1. The van der Waals surface area contributed by atoms with Gasteiger partial charge in [0.1, 0.15) is 0 Å². The van der Waals surface area contributed by atoms with Gasteiger partial charge in [-0.15, -0.1) is 0 Å². The normalized spacial score (nSPS) is 10.4. The van der Waals surface area contributed by atoms with Crippen molar-refractivity contribution < 1.29 is 4.79 Å². The van der Waals surface area contributed by atoms with Gasteiger partial charge < -0.3 is 10.6 Å². The Kier molecular flexibility index (Phi) is 3.79. The zero-order chi connectivity index (χ0) is 14.9. The number of benzene rings is 2. The van der Waals surface area contributed by atoms with Crippen molar-refractivity contribution in [1.82, 2.24) is 0 Å². The second-order valence-electron chi connectivity index (χ2n) is 5.19. The Morgan fingerprint density at radius 2 is 1.75 bits per heavy atom. The first-order chi connectivity index (χ1) is 9.41. The number of hydrogen-bond acceptors (Lipinski definition) is 2. The Hall–Kier alpha value is -2.29. The van der Waals surface area contributed by atoms with E-state index in [0.29, 0.717) is 11.3 Å². The number of amides is 1. The lowest BCUT2D eigenvalue weighted by molar-refractivity contribution is 0.0993. The van der Waals surface area contributed by atoms with Gasteiger partial charge in [-0.3, -0.25) is 4.79 Å². The quantitative estimate of drug-likeness (QED) is 0.848. The summed E-state index contributed by atoms with van der Waals surface area (Å²) >= 11 is 0. The van der Waals surface area contributed by atoms with Crippen molar-refractivity contribution in [2.45, 2.75) is 20.8 Å². The summed E-state index contributed by atoms with van der Waals surface area (Å²) < 4.78 is 0. The zero-order valence-corrected chi connectivity index (χ0v) is 12.4. The van der Waals surface area contributed by atoms with Gasteiger partial charge in [0.05, 0.1) is 5.56 Å². The topological polar surface area (TPSA) is 46.3 Å². The van der Waals surface area contributed by atoms with E-state index in [1.807, 2.05) is 45.0 Å². The molecule has 0 aliphatic carbocycles. The number of nitrogens with two attached hydrogens (primary N) is 1. The Morgan fingerprint density at radius 3 is 2.40 bits per heavy atom. The molecule has 0 fully saturated rings. The average molecular weight is 268 g/mol. The van der Waals surface area contributed by atoms with E-state index in [0.717, 1.165) is 16.8 Å². The molecular weight excluding hydrogens is 248 g/mol. The van der Waals surface area contributed by atoms with Crippen molar-refractivity contribution in [2.24, 2.45) is 0 Å². The summed E-state index contributed by atoms with van der Waals surface area (Å²) in [6, 6.07) is 11.6. The number of nitrogen functional groups attached to an aromatic ring is 1. The van der Waals surface area contributed by atoms with Crippen LogP contribution in [0.1, 0.15) is 27.0 Å². The first-order valence-electron chi connectivity index (χ1n) is 6.62. The van der Waals surface area contributed by atoms with E-state index in [1.165, 1.54) is 5.56 Å². The van der Waals surface area contributed by atoms with E-state index < -0.39 is 0 Å². The van der Waals surface area contributed by atoms with Crippen LogP contribution in [0, 0.1) is 20.8 Å². The maximum atomic E-state index is 12.6. The van der Waals surface area contributed by atoms with Crippen LogP contribution in [0.3, 0.4) is 0 Å². The largest absolute Gasteiger partial charge is 0.398 e. The van der Waals surface area contributed by atoms with Crippen molar-refractivity contribution in [3.63, 3.8) is 0 Å². The van der Waals surface area contributed by atoms with Gasteiger partial charge in [-0.05, 0) is 44.0 Å². The molecule has 0 saturated heterocycles. The van der Waals surface area contributed by atoms with Gasteiger partial charge >= 0.3 is 0 Å². The molecule has 0 radical (unpaired) electrons. The third-order valence-electron chi connectivity index (χ3n) is 3.57. The third kappa shape index (κ3) is 2.52. The summed E-state index contributed by atoms with van der Waals surface area (Å²) in [5.41, 5.74) is 11.2. The van der Waals surface area contributed by atoms with Crippen molar-refractivity contribution in [3.05, 3.63) is 58.7 Å². The molecule has 2 rings (SSSR count). The molecule has 0 heterocycles. The SMILES string of the molecule is Cc1ccc(N(C)C(=O)c2cccc(C)c2N)c(C)c1. The van der Waals surface area contributed by atoms with Crippen LogP contribution in [-0.2, 0) is 0 Å². The van der Waals surface area contributed by atoms with Crippen molar-refractivity contribution in [2.75, 3.05) is 17.7 Å². The minimum absolute atomic E-state index is 0.0850. The van der Waals surface area contributed by atoms with Gasteiger partial charge in [-0.2, -0.15) is 0 Å². The van der Waals surface area contributed by atoms with Gasteiger partial charge in [0.25, 0.3) is 5.91 Å². The molecule has 2 aromatic carbocycles. The maximum absolute atomic E-state index is 12.6. The molecule has 0 spiro atoms. The second-order valence-corrected chi connectivity index (χ2v) is 5.19. The minimum Gasteiger partial charge on any atom is -0.398 e. The first kappa shape index (κ1) is 14.1. The third-order valence-corrected chi connectivity index (χ3v) is 3.57. The Balaban J connectivity index is 2.40. The predicted molar refractivity (Wildman–Crippen MR) is 84.2 cm³/mol. The van der Waals surface area contributed by atoms with Crippen LogP contribution >= 0.6 is 0 Å². The van der Waals surface area contributed by atoms with E-state index >= 15 is 0 Å². The summed E-state index contributed by atoms with van der Waals surface area (Å²) in [7, 11) is 1.78. The lowest BCUT2D eigenvalue weighted by Crippen LogP contribution is -2.27. The molecule has 20 heavy (non-hydrogen) atoms. The molecule has 0 aromatic heterocycles. The number of hydrogen-bond donors (Lipinski definition) is 1. The van der Waals surface area contributed by atoms with E-state index in [-0.39, 0.29) is 5.91 Å². The molecule has 0 saturated carbocycles. The summed E-state index contributed by atoms with van der Waals surface area (Å²) in [5.74, 6) is -0.0850. The van der Waals surface area contributed by atoms with E-state index in [1.54, 1.807) is 18.0 Å². The van der Waals surface area contributed by atoms with Crippen molar-refractivity contribution in [3.8, 4) is 0 Å².